The van der Waals surface area contributed by atoms with E-state index in [1.54, 1.807) is 18.4 Å². The van der Waals surface area contributed by atoms with Crippen LogP contribution in [0.3, 0.4) is 0 Å². The summed E-state index contributed by atoms with van der Waals surface area (Å²) in [6, 6.07) is 0. The van der Waals surface area contributed by atoms with E-state index < -0.39 is 0 Å². The van der Waals surface area contributed by atoms with Crippen molar-refractivity contribution < 1.29 is 4.74 Å². The van der Waals surface area contributed by atoms with Crippen LogP contribution in [0.4, 0.5) is 0 Å². The Balaban J connectivity index is 2.31. The van der Waals surface area contributed by atoms with Crippen molar-refractivity contribution in [2.75, 3.05) is 13.7 Å². The Morgan fingerprint density at radius 1 is 1.53 bits per heavy atom. The molecule has 4 heteroatoms. The largest absolute Gasteiger partial charge is 0.377 e. The average molecular weight is 228 g/mol. The zero-order valence-corrected chi connectivity index (χ0v) is 10.8. The van der Waals surface area contributed by atoms with Gasteiger partial charge in [0.05, 0.1) is 10.6 Å². The van der Waals surface area contributed by atoms with Crippen molar-refractivity contribution in [2.45, 2.75) is 39.3 Å². The Labute approximate surface area is 95.9 Å². The van der Waals surface area contributed by atoms with Crippen LogP contribution in [0, 0.1) is 0 Å². The van der Waals surface area contributed by atoms with Crippen LogP contribution < -0.4 is 5.32 Å². The van der Waals surface area contributed by atoms with Gasteiger partial charge in [-0.1, -0.05) is 6.92 Å². The summed E-state index contributed by atoms with van der Waals surface area (Å²) >= 11 is 1.78. The van der Waals surface area contributed by atoms with Gasteiger partial charge in [0.15, 0.2) is 0 Å². The molecule has 1 rings (SSSR count). The number of nitrogens with zero attached hydrogens (tertiary/aromatic N) is 1. The highest BCUT2D eigenvalue weighted by Gasteiger charge is 2.15. The van der Waals surface area contributed by atoms with E-state index in [0.717, 1.165) is 19.5 Å². The highest BCUT2D eigenvalue weighted by Crippen LogP contribution is 2.13. The Hall–Kier alpha value is -0.450. The van der Waals surface area contributed by atoms with E-state index >= 15 is 0 Å². The number of hydrogen-bond donors (Lipinski definition) is 1. The quantitative estimate of drug-likeness (QED) is 0.810. The van der Waals surface area contributed by atoms with Crippen LogP contribution in [-0.2, 0) is 17.7 Å². The molecule has 0 amide bonds. The summed E-state index contributed by atoms with van der Waals surface area (Å²) in [5, 5.41) is 4.58. The van der Waals surface area contributed by atoms with Gasteiger partial charge >= 0.3 is 0 Å². The summed E-state index contributed by atoms with van der Waals surface area (Å²) in [5.74, 6) is 0. The maximum atomic E-state index is 5.33. The van der Waals surface area contributed by atoms with E-state index in [-0.39, 0.29) is 5.60 Å². The minimum atomic E-state index is -0.0989. The second kappa shape index (κ2) is 5.58. The average Bonchev–Trinajstić information content (AvgIpc) is 2.66. The van der Waals surface area contributed by atoms with Gasteiger partial charge in [0, 0.05) is 31.3 Å². The van der Waals surface area contributed by atoms with Gasteiger partial charge in [0.25, 0.3) is 0 Å². The zero-order chi connectivity index (χ0) is 11.3. The fourth-order valence-electron chi connectivity index (χ4n) is 1.15. The van der Waals surface area contributed by atoms with Gasteiger partial charge in [0.2, 0.25) is 0 Å². The Kier molecular flexibility index (Phi) is 4.70. The van der Waals surface area contributed by atoms with Crippen LogP contribution in [0.2, 0.25) is 0 Å². The first kappa shape index (κ1) is 12.6. The maximum absolute atomic E-state index is 5.33. The third-order valence-corrected chi connectivity index (χ3v) is 3.45. The number of thiazole rings is 1. The van der Waals surface area contributed by atoms with Gasteiger partial charge in [-0.25, -0.2) is 4.98 Å². The van der Waals surface area contributed by atoms with Crippen LogP contribution in [0.1, 0.15) is 30.7 Å². The van der Waals surface area contributed by atoms with Crippen LogP contribution in [0.25, 0.3) is 0 Å². The lowest BCUT2D eigenvalue weighted by Crippen LogP contribution is -2.36. The summed E-state index contributed by atoms with van der Waals surface area (Å²) in [6.45, 7) is 8.01. The number of aryl methyl sites for hydroxylation is 1. The number of rotatable bonds is 6. The molecule has 0 aliphatic carbocycles. The number of ether oxygens (including phenoxy) is 1. The minimum absolute atomic E-state index is 0.0989. The Morgan fingerprint density at radius 2 is 2.27 bits per heavy atom. The first-order valence-electron chi connectivity index (χ1n) is 5.27. The van der Waals surface area contributed by atoms with E-state index in [9.17, 15) is 0 Å². The highest BCUT2D eigenvalue weighted by atomic mass is 32.1. The van der Waals surface area contributed by atoms with Crippen molar-refractivity contribution in [3.63, 3.8) is 0 Å². The normalized spacial score (nSPS) is 12.0. The molecular weight excluding hydrogens is 208 g/mol. The van der Waals surface area contributed by atoms with Gasteiger partial charge in [0.1, 0.15) is 0 Å². The molecule has 0 saturated carbocycles. The van der Waals surface area contributed by atoms with Crippen molar-refractivity contribution in [3.05, 3.63) is 16.1 Å². The van der Waals surface area contributed by atoms with Crippen molar-refractivity contribution in [2.24, 2.45) is 0 Å². The fourth-order valence-corrected chi connectivity index (χ4v) is 1.98. The van der Waals surface area contributed by atoms with Crippen LogP contribution in [-0.4, -0.2) is 24.2 Å². The number of nitrogens with one attached hydrogen (secondary N) is 1. The SMILES string of the molecule is CCc1ncc(CNCC(C)(C)OC)s1. The molecule has 15 heavy (non-hydrogen) atoms. The van der Waals surface area contributed by atoms with Gasteiger partial charge in [-0.05, 0) is 20.3 Å². The van der Waals surface area contributed by atoms with Crippen molar-refractivity contribution in [1.82, 2.24) is 10.3 Å². The molecule has 0 aromatic carbocycles. The standard InChI is InChI=1S/C11H20N2OS/c1-5-10-13-7-9(15-10)6-12-8-11(2,3)14-4/h7,12H,5-6,8H2,1-4H3. The first-order chi connectivity index (χ1) is 7.07. The highest BCUT2D eigenvalue weighted by molar-refractivity contribution is 7.11. The van der Waals surface area contributed by atoms with Gasteiger partial charge in [-0.2, -0.15) is 0 Å². The molecule has 86 valence electrons. The van der Waals surface area contributed by atoms with E-state index in [4.69, 9.17) is 4.74 Å². The molecule has 0 atom stereocenters. The maximum Gasteiger partial charge on any atom is 0.0925 e. The summed E-state index contributed by atoms with van der Waals surface area (Å²) in [5.41, 5.74) is -0.0989. The molecule has 1 heterocycles. The fraction of sp³-hybridized carbons (Fsp3) is 0.727. The molecule has 1 N–H and O–H groups in total. The summed E-state index contributed by atoms with van der Waals surface area (Å²) in [7, 11) is 1.74. The monoisotopic (exact) mass is 228 g/mol. The van der Waals surface area contributed by atoms with Gasteiger partial charge in [-0.15, -0.1) is 11.3 Å². The van der Waals surface area contributed by atoms with E-state index in [1.807, 2.05) is 6.20 Å². The second-order valence-corrected chi connectivity index (χ2v) is 5.34. The molecule has 0 fully saturated rings. The molecule has 0 bridgehead atoms. The van der Waals surface area contributed by atoms with Crippen molar-refractivity contribution >= 4 is 11.3 Å². The molecular formula is C11H20N2OS. The minimum Gasteiger partial charge on any atom is -0.377 e. The molecule has 0 aliphatic rings. The van der Waals surface area contributed by atoms with Crippen LogP contribution >= 0.6 is 11.3 Å². The summed E-state index contributed by atoms with van der Waals surface area (Å²) < 4.78 is 5.33. The Bertz CT molecular complexity index is 297. The number of hydrogen-bond acceptors (Lipinski definition) is 4. The second-order valence-electron chi connectivity index (χ2n) is 4.14. The number of methoxy groups -OCH3 is 1. The predicted octanol–water partition coefficient (Wildman–Crippen LogP) is 2.22. The Morgan fingerprint density at radius 3 is 2.80 bits per heavy atom. The molecule has 1 aromatic rings. The lowest BCUT2D eigenvalue weighted by molar-refractivity contribution is 0.0231. The third-order valence-electron chi connectivity index (χ3n) is 2.31. The lowest BCUT2D eigenvalue weighted by atomic mass is 10.1. The predicted molar refractivity (Wildman–Crippen MR) is 64.3 cm³/mol. The van der Waals surface area contributed by atoms with Crippen LogP contribution in [0.15, 0.2) is 6.20 Å². The third kappa shape index (κ3) is 4.28. The lowest BCUT2D eigenvalue weighted by Gasteiger charge is -2.22. The number of aromatic nitrogens is 1. The van der Waals surface area contributed by atoms with E-state index in [0.29, 0.717) is 0 Å². The zero-order valence-electron chi connectivity index (χ0n) is 9.96. The van der Waals surface area contributed by atoms with Gasteiger partial charge in [-0.3, -0.25) is 0 Å². The molecule has 1 aromatic heterocycles. The molecule has 0 aliphatic heterocycles. The summed E-state index contributed by atoms with van der Waals surface area (Å²) in [4.78, 5) is 5.61. The first-order valence-corrected chi connectivity index (χ1v) is 6.08. The van der Waals surface area contributed by atoms with Crippen molar-refractivity contribution in [1.29, 1.82) is 0 Å². The van der Waals surface area contributed by atoms with Gasteiger partial charge < -0.3 is 10.1 Å². The summed E-state index contributed by atoms with van der Waals surface area (Å²) in [6.07, 6.45) is 2.98. The molecule has 3 nitrogen and oxygen atoms in total. The van der Waals surface area contributed by atoms with E-state index in [1.165, 1.54) is 9.88 Å². The smallest absolute Gasteiger partial charge is 0.0925 e. The van der Waals surface area contributed by atoms with Crippen LogP contribution in [0.5, 0.6) is 0 Å². The topological polar surface area (TPSA) is 34.2 Å². The van der Waals surface area contributed by atoms with Crippen molar-refractivity contribution in [3.8, 4) is 0 Å². The molecule has 0 spiro atoms. The molecule has 0 unspecified atom stereocenters. The molecule has 0 saturated heterocycles. The van der Waals surface area contributed by atoms with E-state index in [2.05, 4.69) is 31.1 Å². The molecule has 0 radical (unpaired) electrons.